The molecule has 0 aliphatic carbocycles. The molecule has 0 aromatic heterocycles. The monoisotopic (exact) mass is 230 g/mol. The summed E-state index contributed by atoms with van der Waals surface area (Å²) in [6.07, 6.45) is 0. The molecule has 0 N–H and O–H groups in total. The Labute approximate surface area is 61.5 Å². The normalized spacial score (nSPS) is 9.12. The molecule has 40 valence electrons. The molecule has 8 heavy (non-hydrogen) atoms. The summed E-state index contributed by atoms with van der Waals surface area (Å²) in [7, 11) is 0. The van der Waals surface area contributed by atoms with Crippen LogP contribution in [-0.2, 0) is 0 Å². The fourth-order valence-corrected chi connectivity index (χ4v) is 2.92. The van der Waals surface area contributed by atoms with Crippen molar-refractivity contribution >= 4 is 31.1 Å². The third-order valence-electron chi connectivity index (χ3n) is 0.940. The second-order valence-electron chi connectivity index (χ2n) is 1.51. The number of hydrogen-bond acceptors (Lipinski definition) is 0. The van der Waals surface area contributed by atoms with Gasteiger partial charge in [-0.1, -0.05) is 0 Å². The maximum absolute atomic E-state index is 2.86. The van der Waals surface area contributed by atoms with Crippen LogP contribution in [-0.4, -0.2) is 20.6 Å². The summed E-state index contributed by atoms with van der Waals surface area (Å²) in [5.74, 6) is 0. The second-order valence-corrected chi connectivity index (χ2v) is 5.92. The van der Waals surface area contributed by atoms with Crippen molar-refractivity contribution in [2.75, 3.05) is 0 Å². The number of hydrogen-bond donors (Lipinski definition) is 0. The van der Waals surface area contributed by atoms with Crippen molar-refractivity contribution in [3.05, 3.63) is 30.3 Å². The van der Waals surface area contributed by atoms with Crippen LogP contribution in [0, 0.1) is 0 Å². The summed E-state index contributed by atoms with van der Waals surface area (Å²) in [6, 6.07) is 10.6. The second kappa shape index (κ2) is 3.47. The molecule has 0 aliphatic rings. The average Bonchev–Trinajstić information content (AvgIpc) is 1.90. The number of rotatable bonds is 1. The van der Waals surface area contributed by atoms with Crippen molar-refractivity contribution in [2.45, 2.75) is 0 Å². The molecule has 0 aliphatic heterocycles. The molecule has 0 bridgehead atoms. The quantitative estimate of drug-likeness (QED) is 0.493. The van der Waals surface area contributed by atoms with E-state index in [1.54, 1.807) is 3.58 Å². The van der Waals surface area contributed by atoms with Gasteiger partial charge < -0.3 is 0 Å². The maximum atomic E-state index is 2.86. The van der Waals surface area contributed by atoms with Crippen LogP contribution in [0.1, 0.15) is 0 Å². The molecule has 0 heterocycles. The van der Waals surface area contributed by atoms with Gasteiger partial charge in [-0.3, -0.25) is 0 Å². The first kappa shape index (κ1) is 6.57. The minimum absolute atomic E-state index is 0.227. The molecular weight excluding hydrogens is 222 g/mol. The molecule has 0 saturated carbocycles. The zero-order valence-corrected chi connectivity index (χ0v) is 8.47. The first-order chi connectivity index (χ1) is 3.93. The zero-order valence-electron chi connectivity index (χ0n) is 4.46. The summed E-state index contributed by atoms with van der Waals surface area (Å²) in [4.78, 5) is 0. The Hall–Kier alpha value is 0.449. The molecule has 1 unspecified atom stereocenters. The van der Waals surface area contributed by atoms with Gasteiger partial charge in [-0.2, -0.15) is 0 Å². The van der Waals surface area contributed by atoms with Gasteiger partial charge in [0, 0.05) is 0 Å². The topological polar surface area (TPSA) is 0 Å². The van der Waals surface area contributed by atoms with Crippen LogP contribution in [0.2, 0.25) is 0 Å². The summed E-state index contributed by atoms with van der Waals surface area (Å²) >= 11 is -0.227. The Bertz CT molecular complexity index is 150. The van der Waals surface area contributed by atoms with Crippen molar-refractivity contribution in [1.29, 1.82) is 0 Å². The summed E-state index contributed by atoms with van der Waals surface area (Å²) in [5, 5.41) is 0. The van der Waals surface area contributed by atoms with Crippen molar-refractivity contribution in [3.8, 4) is 0 Å². The fraction of sp³-hybridized carbons (Fsp3) is 0. The van der Waals surface area contributed by atoms with Gasteiger partial charge in [0.15, 0.2) is 0 Å². The van der Waals surface area contributed by atoms with E-state index in [0.29, 0.717) is 0 Å². The van der Waals surface area contributed by atoms with E-state index >= 15 is 0 Å². The Morgan fingerprint density at radius 2 is 1.75 bits per heavy atom. The van der Waals surface area contributed by atoms with Crippen LogP contribution >= 0.6 is 6.89 Å². The molecule has 1 rings (SSSR count). The van der Waals surface area contributed by atoms with E-state index in [1.165, 1.54) is 0 Å². The third kappa shape index (κ3) is 1.75. The molecule has 0 spiro atoms. The van der Waals surface area contributed by atoms with Gasteiger partial charge in [-0.05, 0) is 0 Å². The zero-order chi connectivity index (χ0) is 5.82. The molecule has 1 atom stereocenters. The van der Waals surface area contributed by atoms with Crippen LogP contribution < -0.4 is 3.58 Å². The van der Waals surface area contributed by atoms with Crippen LogP contribution in [0.15, 0.2) is 30.3 Å². The van der Waals surface area contributed by atoms with E-state index < -0.39 is 0 Å². The SMILES string of the molecule is [PH2][Sn][c]1ccccc1. The van der Waals surface area contributed by atoms with Crippen LogP contribution in [0.5, 0.6) is 0 Å². The van der Waals surface area contributed by atoms with E-state index in [0.717, 1.165) is 0 Å². The van der Waals surface area contributed by atoms with E-state index in [4.69, 9.17) is 0 Å². The van der Waals surface area contributed by atoms with Crippen molar-refractivity contribution in [2.24, 2.45) is 0 Å². The van der Waals surface area contributed by atoms with Gasteiger partial charge >= 0.3 is 61.4 Å². The van der Waals surface area contributed by atoms with Crippen molar-refractivity contribution in [3.63, 3.8) is 0 Å². The van der Waals surface area contributed by atoms with Gasteiger partial charge in [0.25, 0.3) is 0 Å². The summed E-state index contributed by atoms with van der Waals surface area (Å²) in [6.45, 7) is 2.86. The minimum atomic E-state index is -0.227. The molecule has 2 radical (unpaired) electrons. The molecule has 2 heteroatoms. The van der Waals surface area contributed by atoms with Gasteiger partial charge in [-0.15, -0.1) is 0 Å². The van der Waals surface area contributed by atoms with E-state index in [9.17, 15) is 0 Å². The first-order valence-corrected chi connectivity index (χ1v) is 9.40. The van der Waals surface area contributed by atoms with Gasteiger partial charge in [0.2, 0.25) is 0 Å². The van der Waals surface area contributed by atoms with Gasteiger partial charge in [0.05, 0.1) is 0 Å². The third-order valence-corrected chi connectivity index (χ3v) is 5.08. The Balaban J connectivity index is 2.83. The molecule has 0 amide bonds. The predicted octanol–water partition coefficient (Wildman–Crippen LogP) is 0.806. The van der Waals surface area contributed by atoms with Crippen LogP contribution in [0.25, 0.3) is 0 Å². The molecule has 0 fully saturated rings. The molecule has 0 saturated heterocycles. The van der Waals surface area contributed by atoms with Gasteiger partial charge in [0.1, 0.15) is 0 Å². The standard InChI is InChI=1S/C6H5.H2P.Sn/c1-2-4-6-5-3-1;;/h1-5H;1H2;/q;-1;+1. The molecule has 0 nitrogen and oxygen atoms in total. The summed E-state index contributed by atoms with van der Waals surface area (Å²) in [5.41, 5.74) is 0. The van der Waals surface area contributed by atoms with Gasteiger partial charge in [-0.25, -0.2) is 0 Å². The van der Waals surface area contributed by atoms with E-state index in [2.05, 4.69) is 37.2 Å². The van der Waals surface area contributed by atoms with Crippen molar-refractivity contribution < 1.29 is 0 Å². The van der Waals surface area contributed by atoms with Crippen LogP contribution in [0.4, 0.5) is 0 Å². The molecule has 1 aromatic carbocycles. The number of benzene rings is 1. The summed E-state index contributed by atoms with van der Waals surface area (Å²) < 4.78 is 1.54. The van der Waals surface area contributed by atoms with Crippen molar-refractivity contribution in [1.82, 2.24) is 0 Å². The van der Waals surface area contributed by atoms with E-state index in [1.807, 2.05) is 0 Å². The van der Waals surface area contributed by atoms with E-state index in [-0.39, 0.29) is 20.6 Å². The predicted molar refractivity (Wildman–Crippen MR) is 41.5 cm³/mol. The Morgan fingerprint density at radius 1 is 1.12 bits per heavy atom. The van der Waals surface area contributed by atoms with Crippen LogP contribution in [0.3, 0.4) is 0 Å². The fourth-order valence-electron chi connectivity index (χ4n) is 0.534. The Kier molecular flexibility index (Phi) is 2.85. The molecule has 1 aromatic rings. The Morgan fingerprint density at radius 3 is 2.12 bits per heavy atom. The average molecular weight is 229 g/mol. The first-order valence-electron chi connectivity index (χ1n) is 2.45. The molecular formula is C6H7PSn.